The van der Waals surface area contributed by atoms with E-state index in [0.29, 0.717) is 5.82 Å². The molecule has 1 N–H and O–H groups in total. The minimum atomic E-state index is -0.0909. The lowest BCUT2D eigenvalue weighted by atomic mass is 9.88. The van der Waals surface area contributed by atoms with Gasteiger partial charge >= 0.3 is 0 Å². The summed E-state index contributed by atoms with van der Waals surface area (Å²) < 4.78 is 0. The van der Waals surface area contributed by atoms with Gasteiger partial charge in [0.2, 0.25) is 11.7 Å². The molecule has 2 heterocycles. The quantitative estimate of drug-likeness (QED) is 0.793. The molecule has 3 aromatic rings. The highest BCUT2D eigenvalue weighted by molar-refractivity contribution is 7.13. The van der Waals surface area contributed by atoms with Gasteiger partial charge in [-0.15, -0.1) is 21.5 Å². The highest BCUT2D eigenvalue weighted by Gasteiger charge is 2.21. The fourth-order valence-corrected chi connectivity index (χ4v) is 3.73. The Balaban J connectivity index is 1.43. The van der Waals surface area contributed by atoms with E-state index >= 15 is 0 Å². The first-order valence-corrected chi connectivity index (χ1v) is 8.86. The topological polar surface area (TPSA) is 72.7 Å². The van der Waals surface area contributed by atoms with Crippen LogP contribution in [-0.2, 0) is 17.8 Å². The summed E-state index contributed by atoms with van der Waals surface area (Å²) in [6.07, 6.45) is 3.14. The first kappa shape index (κ1) is 15.0. The van der Waals surface area contributed by atoms with Crippen LogP contribution >= 0.6 is 11.3 Å². The normalized spacial score (nSPS) is 16.6. The first-order chi connectivity index (χ1) is 11.8. The summed E-state index contributed by atoms with van der Waals surface area (Å²) in [5.41, 5.74) is 2.55. The number of nitrogens with zero attached hydrogens (tertiary/aromatic N) is 4. The van der Waals surface area contributed by atoms with Gasteiger partial charge in [-0.2, -0.15) is 4.80 Å². The maximum Gasteiger partial charge on any atom is 0.244 e. The standard InChI is InChI=1S/C17H17N5OS/c23-16(11-22-20-17(19-21-22)15-9-4-10-24-15)18-14-8-3-6-12-5-1-2-7-13(12)14/h1-2,4-5,7,9-10,14H,3,6,8,11H2,(H,18,23)/t14-/m1/s1. The van der Waals surface area contributed by atoms with Crippen molar-refractivity contribution < 1.29 is 4.79 Å². The predicted molar refractivity (Wildman–Crippen MR) is 91.4 cm³/mol. The van der Waals surface area contributed by atoms with Gasteiger partial charge in [0.25, 0.3) is 0 Å². The molecule has 0 saturated heterocycles. The molecule has 0 fully saturated rings. The molecule has 7 heteroatoms. The monoisotopic (exact) mass is 339 g/mol. The van der Waals surface area contributed by atoms with Crippen molar-refractivity contribution in [3.8, 4) is 10.7 Å². The number of hydrogen-bond acceptors (Lipinski definition) is 5. The Morgan fingerprint density at radius 1 is 1.29 bits per heavy atom. The van der Waals surface area contributed by atoms with Gasteiger partial charge in [0.05, 0.1) is 10.9 Å². The molecule has 0 radical (unpaired) electrons. The molecule has 24 heavy (non-hydrogen) atoms. The molecule has 4 rings (SSSR count). The molecule has 0 aliphatic heterocycles. The van der Waals surface area contributed by atoms with Crippen LogP contribution in [0.3, 0.4) is 0 Å². The maximum atomic E-state index is 12.3. The molecule has 122 valence electrons. The highest BCUT2D eigenvalue weighted by Crippen LogP contribution is 2.29. The largest absolute Gasteiger partial charge is 0.348 e. The Morgan fingerprint density at radius 2 is 2.21 bits per heavy atom. The number of rotatable bonds is 4. The lowest BCUT2D eigenvalue weighted by Crippen LogP contribution is -2.34. The zero-order chi connectivity index (χ0) is 16.4. The van der Waals surface area contributed by atoms with E-state index in [4.69, 9.17) is 0 Å². The number of carbonyl (C=O) groups is 1. The van der Waals surface area contributed by atoms with E-state index in [1.807, 2.05) is 23.6 Å². The van der Waals surface area contributed by atoms with Crippen LogP contribution in [0.5, 0.6) is 0 Å². The number of fused-ring (bicyclic) bond motifs is 1. The number of thiophene rings is 1. The highest BCUT2D eigenvalue weighted by atomic mass is 32.1. The number of nitrogens with one attached hydrogen (secondary N) is 1. The number of carbonyl (C=O) groups excluding carboxylic acids is 1. The van der Waals surface area contributed by atoms with Crippen molar-refractivity contribution in [1.82, 2.24) is 25.5 Å². The maximum absolute atomic E-state index is 12.3. The third kappa shape index (κ3) is 3.07. The zero-order valence-electron chi connectivity index (χ0n) is 13.1. The van der Waals surface area contributed by atoms with Crippen molar-refractivity contribution in [2.45, 2.75) is 31.8 Å². The van der Waals surface area contributed by atoms with Crippen LogP contribution in [0.4, 0.5) is 0 Å². The molecule has 6 nitrogen and oxygen atoms in total. The van der Waals surface area contributed by atoms with E-state index in [1.54, 1.807) is 11.3 Å². The summed E-state index contributed by atoms with van der Waals surface area (Å²) in [5.74, 6) is 0.465. The summed E-state index contributed by atoms with van der Waals surface area (Å²) >= 11 is 1.55. The Morgan fingerprint density at radius 3 is 3.08 bits per heavy atom. The molecular weight excluding hydrogens is 322 g/mol. The van der Waals surface area contributed by atoms with Crippen molar-refractivity contribution in [2.24, 2.45) is 0 Å². The third-order valence-electron chi connectivity index (χ3n) is 4.18. The SMILES string of the molecule is O=C(Cn1nnc(-c2cccs2)n1)N[C@@H]1CCCc2ccccc21. The number of tetrazole rings is 1. The number of aromatic nitrogens is 4. The van der Waals surface area contributed by atoms with E-state index in [0.717, 1.165) is 24.1 Å². The van der Waals surface area contributed by atoms with Gasteiger partial charge in [-0.3, -0.25) is 4.79 Å². The number of aryl methyl sites for hydroxylation is 1. The van der Waals surface area contributed by atoms with Crippen molar-refractivity contribution in [1.29, 1.82) is 0 Å². The van der Waals surface area contributed by atoms with Crippen LogP contribution in [0, 0.1) is 0 Å². The van der Waals surface area contributed by atoms with E-state index in [9.17, 15) is 4.79 Å². The van der Waals surface area contributed by atoms with E-state index in [1.165, 1.54) is 15.9 Å². The fraction of sp³-hybridized carbons (Fsp3) is 0.294. The predicted octanol–water partition coefficient (Wildman–Crippen LogP) is 2.60. The Kier molecular flexibility index (Phi) is 4.08. The van der Waals surface area contributed by atoms with Crippen LogP contribution in [-0.4, -0.2) is 26.1 Å². The Bertz CT molecular complexity index is 842. The van der Waals surface area contributed by atoms with Gasteiger partial charge in [0.15, 0.2) is 0 Å². The minimum absolute atomic E-state index is 0.0720. The molecule has 0 spiro atoms. The van der Waals surface area contributed by atoms with Crippen LogP contribution in [0.1, 0.15) is 30.0 Å². The molecule has 0 saturated carbocycles. The van der Waals surface area contributed by atoms with Crippen molar-refractivity contribution >= 4 is 17.2 Å². The molecule has 1 atom stereocenters. The second-order valence-corrected chi connectivity index (χ2v) is 6.78. The summed E-state index contributed by atoms with van der Waals surface area (Å²) in [6.45, 7) is 0.0804. The third-order valence-corrected chi connectivity index (χ3v) is 5.05. The Hall–Kier alpha value is -2.54. The summed E-state index contributed by atoms with van der Waals surface area (Å²) in [5, 5.41) is 17.3. The van der Waals surface area contributed by atoms with Crippen molar-refractivity contribution in [3.05, 3.63) is 52.9 Å². The van der Waals surface area contributed by atoms with Crippen LogP contribution in [0.15, 0.2) is 41.8 Å². The molecular formula is C17H17N5OS. The minimum Gasteiger partial charge on any atom is -0.348 e. The van der Waals surface area contributed by atoms with Gasteiger partial charge in [-0.05, 0) is 47.0 Å². The second kappa shape index (κ2) is 6.52. The lowest BCUT2D eigenvalue weighted by Gasteiger charge is -2.26. The lowest BCUT2D eigenvalue weighted by molar-refractivity contribution is -0.122. The zero-order valence-corrected chi connectivity index (χ0v) is 13.9. The van der Waals surface area contributed by atoms with Gasteiger partial charge in [0, 0.05) is 0 Å². The summed E-state index contributed by atoms with van der Waals surface area (Å²) in [4.78, 5) is 14.6. The van der Waals surface area contributed by atoms with Crippen LogP contribution in [0.2, 0.25) is 0 Å². The van der Waals surface area contributed by atoms with Crippen LogP contribution in [0.25, 0.3) is 10.7 Å². The number of amides is 1. The molecule has 1 amide bonds. The van der Waals surface area contributed by atoms with Crippen molar-refractivity contribution in [3.63, 3.8) is 0 Å². The smallest absolute Gasteiger partial charge is 0.244 e. The number of benzene rings is 1. The molecule has 2 aromatic heterocycles. The van der Waals surface area contributed by atoms with E-state index < -0.39 is 0 Å². The summed E-state index contributed by atoms with van der Waals surface area (Å²) in [7, 11) is 0. The molecule has 1 aliphatic rings. The van der Waals surface area contributed by atoms with Crippen molar-refractivity contribution in [2.75, 3.05) is 0 Å². The fourth-order valence-electron chi connectivity index (χ4n) is 3.09. The Labute approximate surface area is 143 Å². The average Bonchev–Trinajstić information content (AvgIpc) is 3.26. The molecule has 1 aromatic carbocycles. The van der Waals surface area contributed by atoms with Gasteiger partial charge in [0.1, 0.15) is 6.54 Å². The molecule has 0 bridgehead atoms. The second-order valence-electron chi connectivity index (χ2n) is 5.83. The average molecular weight is 339 g/mol. The summed E-state index contributed by atoms with van der Waals surface area (Å²) in [6, 6.07) is 12.3. The van der Waals surface area contributed by atoms with Gasteiger partial charge < -0.3 is 5.32 Å². The molecule has 0 unspecified atom stereocenters. The van der Waals surface area contributed by atoms with Gasteiger partial charge in [-0.25, -0.2) is 0 Å². The van der Waals surface area contributed by atoms with Crippen LogP contribution < -0.4 is 5.32 Å². The number of hydrogen-bond donors (Lipinski definition) is 1. The van der Waals surface area contributed by atoms with E-state index in [2.05, 4.69) is 38.9 Å². The van der Waals surface area contributed by atoms with E-state index in [-0.39, 0.29) is 18.5 Å². The molecule has 1 aliphatic carbocycles. The van der Waals surface area contributed by atoms with Gasteiger partial charge in [-0.1, -0.05) is 30.3 Å². The first-order valence-electron chi connectivity index (χ1n) is 7.98.